The van der Waals surface area contributed by atoms with E-state index < -0.39 is 23.7 Å². The van der Waals surface area contributed by atoms with Crippen LogP contribution in [0.1, 0.15) is 46.9 Å². The molecule has 1 unspecified atom stereocenters. The lowest BCUT2D eigenvalue weighted by atomic mass is 9.94. The van der Waals surface area contributed by atoms with Crippen molar-refractivity contribution in [1.82, 2.24) is 0 Å². The van der Waals surface area contributed by atoms with Crippen LogP contribution in [0.2, 0.25) is 0 Å². The fourth-order valence-corrected chi connectivity index (χ4v) is 4.49. The van der Waals surface area contributed by atoms with Crippen LogP contribution in [0.25, 0.3) is 5.76 Å². The number of ether oxygens (including phenoxy) is 3. The molecule has 1 aliphatic rings. The van der Waals surface area contributed by atoms with E-state index >= 15 is 0 Å². The van der Waals surface area contributed by atoms with Gasteiger partial charge in [-0.05, 0) is 80.4 Å². The van der Waals surface area contributed by atoms with Gasteiger partial charge in [-0.2, -0.15) is 0 Å². The molecular weight excluding hydrogens is 486 g/mol. The summed E-state index contributed by atoms with van der Waals surface area (Å²) in [5.74, 6) is -1.36. The van der Waals surface area contributed by atoms with Crippen molar-refractivity contribution in [3.05, 3.63) is 94.6 Å². The topological polar surface area (TPSA) is 102 Å². The zero-order valence-corrected chi connectivity index (χ0v) is 21.7. The van der Waals surface area contributed by atoms with E-state index in [1.54, 1.807) is 67.6 Å². The third kappa shape index (κ3) is 4.98. The molecule has 4 rings (SSSR count). The zero-order valence-electron chi connectivity index (χ0n) is 21.7. The summed E-state index contributed by atoms with van der Waals surface area (Å²) in [4.78, 5) is 40.6. The lowest BCUT2D eigenvalue weighted by molar-refractivity contribution is -0.132. The van der Waals surface area contributed by atoms with Crippen molar-refractivity contribution in [2.75, 3.05) is 25.2 Å². The lowest BCUT2D eigenvalue weighted by Gasteiger charge is -2.26. The van der Waals surface area contributed by atoms with Crippen LogP contribution in [0.3, 0.4) is 0 Å². The van der Waals surface area contributed by atoms with Crippen LogP contribution >= 0.6 is 0 Å². The molecule has 38 heavy (non-hydrogen) atoms. The molecule has 196 valence electrons. The predicted octanol–water partition coefficient (Wildman–Crippen LogP) is 5.21. The maximum atomic E-state index is 13.5. The highest BCUT2D eigenvalue weighted by molar-refractivity contribution is 6.51. The van der Waals surface area contributed by atoms with Gasteiger partial charge < -0.3 is 19.3 Å². The number of carbonyl (C=O) groups excluding carboxylic acids is 3. The van der Waals surface area contributed by atoms with Gasteiger partial charge in [-0.3, -0.25) is 14.5 Å². The number of benzene rings is 3. The van der Waals surface area contributed by atoms with E-state index in [2.05, 4.69) is 0 Å². The van der Waals surface area contributed by atoms with E-state index in [9.17, 15) is 19.5 Å². The average Bonchev–Trinajstić information content (AvgIpc) is 3.19. The highest BCUT2D eigenvalue weighted by Crippen LogP contribution is 2.43. The molecule has 1 aliphatic heterocycles. The summed E-state index contributed by atoms with van der Waals surface area (Å²) in [6, 6.07) is 17.3. The molecular formula is C30H29NO7. The molecule has 0 saturated carbocycles. The molecule has 0 spiro atoms. The van der Waals surface area contributed by atoms with Gasteiger partial charge in [0.2, 0.25) is 0 Å². The first-order valence-electron chi connectivity index (χ1n) is 12.3. The smallest absolute Gasteiger partial charge is 0.338 e. The number of anilines is 1. The highest BCUT2D eigenvalue weighted by Gasteiger charge is 2.47. The molecule has 0 bridgehead atoms. The van der Waals surface area contributed by atoms with Crippen molar-refractivity contribution in [2.24, 2.45) is 0 Å². The maximum Gasteiger partial charge on any atom is 0.338 e. The normalized spacial score (nSPS) is 16.4. The van der Waals surface area contributed by atoms with Gasteiger partial charge in [-0.15, -0.1) is 0 Å². The van der Waals surface area contributed by atoms with Crippen molar-refractivity contribution in [2.45, 2.75) is 26.8 Å². The zero-order chi connectivity index (χ0) is 27.4. The first-order valence-corrected chi connectivity index (χ1v) is 12.3. The molecule has 0 aromatic heterocycles. The molecule has 8 nitrogen and oxygen atoms in total. The first kappa shape index (κ1) is 26.5. The Hall–Kier alpha value is -4.59. The van der Waals surface area contributed by atoms with Crippen molar-refractivity contribution in [1.29, 1.82) is 0 Å². The van der Waals surface area contributed by atoms with Gasteiger partial charge in [-0.1, -0.05) is 18.2 Å². The average molecular weight is 516 g/mol. The molecule has 0 radical (unpaired) electrons. The van der Waals surface area contributed by atoms with Crippen molar-refractivity contribution in [3.8, 4) is 11.5 Å². The number of aliphatic hydroxyl groups is 1. The minimum atomic E-state index is -0.977. The van der Waals surface area contributed by atoms with Gasteiger partial charge in [0.15, 0.2) is 0 Å². The number of Topliss-reactive ketones (excluding diaryl/α,β-unsaturated/α-hetero) is 1. The fourth-order valence-electron chi connectivity index (χ4n) is 4.49. The largest absolute Gasteiger partial charge is 0.507 e. The van der Waals surface area contributed by atoms with Crippen LogP contribution in [0.5, 0.6) is 11.5 Å². The van der Waals surface area contributed by atoms with Crippen LogP contribution in [-0.4, -0.2) is 43.1 Å². The Kier molecular flexibility index (Phi) is 7.81. The molecule has 1 atom stereocenters. The van der Waals surface area contributed by atoms with E-state index in [0.29, 0.717) is 34.9 Å². The van der Waals surface area contributed by atoms with Gasteiger partial charge in [0, 0.05) is 11.3 Å². The standard InChI is InChI=1S/C30H29NO7/c1-5-37-24-14-13-20(15-18(24)3)27(32)25-26(19-9-8-12-23(17-19)36-4)31(29(34)28(25)33)22-11-7-10-21(16-22)30(35)38-6-2/h7-17,26,32H,5-6H2,1-4H3/b27-25+. The lowest BCUT2D eigenvalue weighted by Crippen LogP contribution is -2.29. The summed E-state index contributed by atoms with van der Waals surface area (Å²) >= 11 is 0. The third-order valence-corrected chi connectivity index (χ3v) is 6.24. The number of hydrogen-bond donors (Lipinski definition) is 1. The van der Waals surface area contributed by atoms with E-state index in [4.69, 9.17) is 14.2 Å². The van der Waals surface area contributed by atoms with Crippen LogP contribution in [0.15, 0.2) is 72.3 Å². The van der Waals surface area contributed by atoms with Crippen LogP contribution in [-0.2, 0) is 14.3 Å². The van der Waals surface area contributed by atoms with Crippen molar-refractivity contribution < 1.29 is 33.7 Å². The quantitative estimate of drug-likeness (QED) is 0.190. The number of amides is 1. The Balaban J connectivity index is 1.91. The van der Waals surface area contributed by atoms with Crippen molar-refractivity contribution >= 4 is 29.1 Å². The van der Waals surface area contributed by atoms with Gasteiger partial charge in [-0.25, -0.2) is 4.79 Å². The Morgan fingerprint density at radius 1 is 0.947 bits per heavy atom. The summed E-state index contributed by atoms with van der Waals surface area (Å²) in [6.45, 7) is 6.09. The molecule has 8 heteroatoms. The van der Waals surface area contributed by atoms with Gasteiger partial charge >= 0.3 is 5.97 Å². The number of hydrogen-bond acceptors (Lipinski definition) is 7. The number of aryl methyl sites for hydroxylation is 1. The number of carbonyl (C=O) groups is 3. The highest BCUT2D eigenvalue weighted by atomic mass is 16.5. The number of rotatable bonds is 8. The monoisotopic (exact) mass is 515 g/mol. The Bertz CT molecular complexity index is 1430. The van der Waals surface area contributed by atoms with Gasteiger partial charge in [0.05, 0.1) is 37.5 Å². The minimum absolute atomic E-state index is 0.0756. The van der Waals surface area contributed by atoms with E-state index in [1.165, 1.54) is 18.1 Å². The third-order valence-electron chi connectivity index (χ3n) is 6.24. The van der Waals surface area contributed by atoms with Crippen LogP contribution in [0.4, 0.5) is 5.69 Å². The number of ketones is 1. The second-order valence-electron chi connectivity index (χ2n) is 8.63. The number of methoxy groups -OCH3 is 1. The minimum Gasteiger partial charge on any atom is -0.507 e. The van der Waals surface area contributed by atoms with Crippen LogP contribution < -0.4 is 14.4 Å². The van der Waals surface area contributed by atoms with Gasteiger partial charge in [0.25, 0.3) is 11.7 Å². The number of esters is 1. The molecule has 1 amide bonds. The fraction of sp³-hybridized carbons (Fsp3) is 0.233. The summed E-state index contributed by atoms with van der Waals surface area (Å²) < 4.78 is 16.1. The maximum absolute atomic E-state index is 13.5. The number of nitrogens with zero attached hydrogens (tertiary/aromatic N) is 1. The summed E-state index contributed by atoms with van der Waals surface area (Å²) in [6.07, 6.45) is 0. The van der Waals surface area contributed by atoms with E-state index in [1.807, 2.05) is 13.8 Å². The Labute approximate surface area is 221 Å². The Morgan fingerprint density at radius 3 is 2.39 bits per heavy atom. The van der Waals surface area contributed by atoms with E-state index in [0.717, 1.165) is 5.56 Å². The first-order chi connectivity index (χ1) is 18.3. The van der Waals surface area contributed by atoms with Crippen LogP contribution in [0, 0.1) is 6.92 Å². The molecule has 1 N–H and O–H groups in total. The summed E-state index contributed by atoms with van der Waals surface area (Å²) in [7, 11) is 1.52. The molecule has 1 fully saturated rings. The molecule has 1 heterocycles. The molecule has 1 saturated heterocycles. The molecule has 3 aromatic carbocycles. The summed E-state index contributed by atoms with van der Waals surface area (Å²) in [5, 5.41) is 11.4. The molecule has 3 aromatic rings. The van der Waals surface area contributed by atoms with Gasteiger partial charge in [0.1, 0.15) is 17.3 Å². The second-order valence-corrected chi connectivity index (χ2v) is 8.63. The van der Waals surface area contributed by atoms with Crippen molar-refractivity contribution in [3.63, 3.8) is 0 Å². The van der Waals surface area contributed by atoms with E-state index in [-0.39, 0.29) is 23.5 Å². The second kappa shape index (κ2) is 11.2. The summed E-state index contributed by atoms with van der Waals surface area (Å²) in [5.41, 5.74) is 2.16. The SMILES string of the molecule is CCOC(=O)c1cccc(N2C(=O)C(=O)/C(=C(/O)c3ccc(OCC)c(C)c3)C2c2cccc(OC)c2)c1. The predicted molar refractivity (Wildman–Crippen MR) is 143 cm³/mol. The number of aliphatic hydroxyl groups excluding tert-OH is 1. The molecule has 0 aliphatic carbocycles. The Morgan fingerprint density at radius 2 is 1.71 bits per heavy atom.